The van der Waals surface area contributed by atoms with Gasteiger partial charge in [0.1, 0.15) is 0 Å². The minimum Gasteiger partial charge on any atom is -0.302 e. The third-order valence-corrected chi connectivity index (χ3v) is 9.50. The summed E-state index contributed by atoms with van der Waals surface area (Å²) >= 11 is 1.29. The predicted octanol–water partition coefficient (Wildman–Crippen LogP) is 3.12. The van der Waals surface area contributed by atoms with Crippen molar-refractivity contribution in [1.82, 2.24) is 9.29 Å². The first-order chi connectivity index (χ1) is 16.6. The maximum absolute atomic E-state index is 13.0. The van der Waals surface area contributed by atoms with E-state index in [-0.39, 0.29) is 34.7 Å². The van der Waals surface area contributed by atoms with Crippen molar-refractivity contribution in [2.75, 3.05) is 24.7 Å². The Morgan fingerprint density at radius 2 is 1.74 bits per heavy atom. The Hall–Kier alpha value is -3.11. The Bertz CT molecular complexity index is 1500. The Kier molecular flexibility index (Phi) is 7.05. The van der Waals surface area contributed by atoms with E-state index in [1.165, 1.54) is 33.8 Å². The van der Waals surface area contributed by atoms with Crippen LogP contribution in [0.2, 0.25) is 0 Å². The summed E-state index contributed by atoms with van der Waals surface area (Å²) in [5, 5.41) is 14.0. The second kappa shape index (κ2) is 9.87. The predicted molar refractivity (Wildman–Crippen MR) is 132 cm³/mol. The van der Waals surface area contributed by atoms with Crippen LogP contribution in [0.3, 0.4) is 0 Å². The molecule has 1 fully saturated rings. The maximum Gasteiger partial charge on any atom is 0.243 e. The van der Waals surface area contributed by atoms with Crippen molar-refractivity contribution in [3.8, 4) is 17.3 Å². The highest BCUT2D eigenvalue weighted by Gasteiger charge is 2.32. The molecule has 3 aromatic rings. The van der Waals surface area contributed by atoms with Gasteiger partial charge in [-0.15, -0.1) is 11.3 Å². The number of nitrogens with zero attached hydrogens (tertiary/aromatic N) is 3. The molecule has 1 N–H and O–H groups in total. The largest absolute Gasteiger partial charge is 0.302 e. The molecule has 1 aliphatic heterocycles. The number of anilines is 1. The Morgan fingerprint density at radius 3 is 2.37 bits per heavy atom. The molecule has 1 aromatic heterocycles. The molecule has 0 unspecified atom stereocenters. The Labute approximate surface area is 208 Å². The topological polar surface area (TPSA) is 137 Å². The number of hydrogen-bond acceptors (Lipinski definition) is 8. The van der Waals surface area contributed by atoms with E-state index in [1.807, 2.05) is 5.38 Å². The van der Waals surface area contributed by atoms with Crippen molar-refractivity contribution in [1.29, 1.82) is 5.26 Å². The molecule has 0 atom stereocenters. The van der Waals surface area contributed by atoms with Crippen LogP contribution in [-0.4, -0.2) is 51.4 Å². The summed E-state index contributed by atoms with van der Waals surface area (Å²) in [6.45, 7) is 0.301. The summed E-state index contributed by atoms with van der Waals surface area (Å²) in [6.07, 6.45) is 1.70. The molecule has 0 aliphatic carbocycles. The average Bonchev–Trinajstić information content (AvgIpc) is 3.32. The highest BCUT2D eigenvalue weighted by atomic mass is 32.2. The fraction of sp³-hybridized carbons (Fsp3) is 0.261. The summed E-state index contributed by atoms with van der Waals surface area (Å²) in [7, 11) is -7.42. The van der Waals surface area contributed by atoms with E-state index in [4.69, 9.17) is 5.26 Å². The average molecular weight is 531 g/mol. The number of carbonyl (C=O) groups is 1. The molecule has 182 valence electrons. The zero-order chi connectivity index (χ0) is 25.2. The summed E-state index contributed by atoms with van der Waals surface area (Å²) < 4.78 is 50.9. The molecule has 12 heteroatoms. The van der Waals surface area contributed by atoms with Crippen LogP contribution in [0.15, 0.2) is 63.7 Å². The molecule has 2 heterocycles. The van der Waals surface area contributed by atoms with E-state index < -0.39 is 19.9 Å². The van der Waals surface area contributed by atoms with Gasteiger partial charge in [-0.1, -0.05) is 18.2 Å². The third kappa shape index (κ3) is 5.59. The van der Waals surface area contributed by atoms with Gasteiger partial charge in [-0.05, 0) is 43.2 Å². The minimum absolute atomic E-state index is 0.0586. The molecule has 1 aliphatic rings. The minimum atomic E-state index is -3.88. The number of piperidine rings is 1. The van der Waals surface area contributed by atoms with Crippen LogP contribution >= 0.6 is 11.3 Å². The molecule has 9 nitrogen and oxygen atoms in total. The van der Waals surface area contributed by atoms with Crippen molar-refractivity contribution >= 4 is 42.2 Å². The zero-order valence-electron chi connectivity index (χ0n) is 18.7. The maximum atomic E-state index is 13.0. The molecule has 4 rings (SSSR count). The van der Waals surface area contributed by atoms with Crippen LogP contribution in [0.4, 0.5) is 5.13 Å². The van der Waals surface area contributed by atoms with E-state index in [2.05, 4.69) is 16.4 Å². The summed E-state index contributed by atoms with van der Waals surface area (Å²) in [5.41, 5.74) is 2.07. The lowest BCUT2D eigenvalue weighted by atomic mass is 9.97. The second-order valence-corrected chi connectivity index (χ2v) is 13.0. The van der Waals surface area contributed by atoms with Crippen LogP contribution in [0.5, 0.6) is 0 Å². The van der Waals surface area contributed by atoms with Crippen molar-refractivity contribution in [2.45, 2.75) is 22.6 Å². The molecule has 0 radical (unpaired) electrons. The van der Waals surface area contributed by atoms with Gasteiger partial charge in [0.15, 0.2) is 15.0 Å². The summed E-state index contributed by atoms with van der Waals surface area (Å²) in [6, 6.07) is 14.3. The number of rotatable bonds is 6. The SMILES string of the molecule is CS(=O)(=O)c1cccc(S(=O)(=O)N2CCC(C(=O)Nc3nc(-c4ccc(C#N)cc4)cs3)CC2)c1. The second-order valence-electron chi connectivity index (χ2n) is 8.14. The Morgan fingerprint density at radius 1 is 1.09 bits per heavy atom. The first-order valence-corrected chi connectivity index (χ1v) is 14.9. The molecule has 1 amide bonds. The van der Waals surface area contributed by atoms with E-state index in [0.717, 1.165) is 17.9 Å². The summed E-state index contributed by atoms with van der Waals surface area (Å²) in [5.74, 6) is -0.590. The molecule has 0 bridgehead atoms. The lowest BCUT2D eigenvalue weighted by Crippen LogP contribution is -2.41. The van der Waals surface area contributed by atoms with E-state index in [0.29, 0.717) is 29.2 Å². The van der Waals surface area contributed by atoms with Crippen LogP contribution in [0, 0.1) is 17.2 Å². The fourth-order valence-electron chi connectivity index (χ4n) is 3.76. The number of amides is 1. The van der Waals surface area contributed by atoms with Gasteiger partial charge in [-0.2, -0.15) is 9.57 Å². The number of sulfone groups is 1. The smallest absolute Gasteiger partial charge is 0.243 e. The van der Waals surface area contributed by atoms with Crippen LogP contribution in [0.1, 0.15) is 18.4 Å². The van der Waals surface area contributed by atoms with Gasteiger partial charge in [-0.3, -0.25) is 4.79 Å². The number of sulfonamides is 1. The number of thiazole rings is 1. The van der Waals surface area contributed by atoms with E-state index in [9.17, 15) is 21.6 Å². The van der Waals surface area contributed by atoms with Gasteiger partial charge in [0.25, 0.3) is 0 Å². The van der Waals surface area contributed by atoms with Crippen molar-refractivity contribution in [3.63, 3.8) is 0 Å². The number of hydrogen-bond donors (Lipinski definition) is 1. The number of aromatic nitrogens is 1. The number of nitrogens with one attached hydrogen (secondary N) is 1. The first kappa shape index (κ1) is 25.0. The van der Waals surface area contributed by atoms with Gasteiger partial charge in [0.05, 0.1) is 27.1 Å². The standard InChI is InChI=1S/C23H22N4O5S3/c1-34(29,30)19-3-2-4-20(13-19)35(31,32)27-11-9-18(10-12-27)22(28)26-23-25-21(15-33-23)17-7-5-16(14-24)6-8-17/h2-8,13,15,18H,9-12H2,1H3,(H,25,26,28). The van der Waals surface area contributed by atoms with Gasteiger partial charge in [-0.25, -0.2) is 21.8 Å². The highest BCUT2D eigenvalue weighted by Crippen LogP contribution is 2.28. The molecule has 0 spiro atoms. The first-order valence-electron chi connectivity index (χ1n) is 10.6. The third-order valence-electron chi connectivity index (χ3n) is 5.74. The van der Waals surface area contributed by atoms with Gasteiger partial charge < -0.3 is 5.32 Å². The van der Waals surface area contributed by atoms with E-state index >= 15 is 0 Å². The monoisotopic (exact) mass is 530 g/mol. The lowest BCUT2D eigenvalue weighted by Gasteiger charge is -2.30. The molecule has 35 heavy (non-hydrogen) atoms. The Balaban J connectivity index is 1.38. The molecule has 2 aromatic carbocycles. The number of carbonyl (C=O) groups excluding carboxylic acids is 1. The zero-order valence-corrected chi connectivity index (χ0v) is 21.2. The van der Waals surface area contributed by atoms with Crippen molar-refractivity contribution < 1.29 is 21.6 Å². The molecular weight excluding hydrogens is 508 g/mol. The van der Waals surface area contributed by atoms with Gasteiger partial charge in [0.2, 0.25) is 15.9 Å². The van der Waals surface area contributed by atoms with Crippen LogP contribution < -0.4 is 5.32 Å². The van der Waals surface area contributed by atoms with Crippen LogP contribution in [0.25, 0.3) is 11.3 Å². The molecular formula is C23H22N4O5S3. The quantitative estimate of drug-likeness (QED) is 0.517. The molecule has 1 saturated heterocycles. The lowest BCUT2D eigenvalue weighted by molar-refractivity contribution is -0.120. The van der Waals surface area contributed by atoms with Crippen molar-refractivity contribution in [2.24, 2.45) is 5.92 Å². The number of benzene rings is 2. The van der Waals surface area contributed by atoms with Crippen molar-refractivity contribution in [3.05, 3.63) is 59.5 Å². The normalized spacial score (nSPS) is 15.4. The molecule has 0 saturated carbocycles. The highest BCUT2D eigenvalue weighted by molar-refractivity contribution is 7.91. The fourth-order valence-corrected chi connectivity index (χ4v) is 6.74. The van der Waals surface area contributed by atoms with Gasteiger partial charge >= 0.3 is 0 Å². The summed E-state index contributed by atoms with van der Waals surface area (Å²) in [4.78, 5) is 17.1. The van der Waals surface area contributed by atoms with Gasteiger partial charge in [0, 0.05) is 36.2 Å². The number of nitriles is 1. The van der Waals surface area contributed by atoms with Crippen LogP contribution in [-0.2, 0) is 24.7 Å². The van der Waals surface area contributed by atoms with E-state index in [1.54, 1.807) is 24.3 Å².